The van der Waals surface area contributed by atoms with Crippen molar-refractivity contribution in [3.63, 3.8) is 0 Å². The van der Waals surface area contributed by atoms with E-state index >= 15 is 0 Å². The van der Waals surface area contributed by atoms with Crippen molar-refractivity contribution in [3.8, 4) is 0 Å². The maximum absolute atomic E-state index is 13.7. The minimum Gasteiger partial charge on any atom is -0.378 e. The monoisotopic (exact) mass is 543 g/mol. The highest BCUT2D eigenvalue weighted by Crippen LogP contribution is 2.32. The molecule has 0 bridgehead atoms. The Morgan fingerprint density at radius 1 is 0.971 bits per heavy atom. The summed E-state index contributed by atoms with van der Waals surface area (Å²) in [5, 5.41) is 0.959. The van der Waals surface area contributed by atoms with Gasteiger partial charge in [-0.1, -0.05) is 29.3 Å². The third kappa shape index (κ3) is 5.83. The molecule has 0 saturated carbocycles. The van der Waals surface area contributed by atoms with Gasteiger partial charge in [-0.2, -0.15) is 0 Å². The number of hydrogen-bond acceptors (Lipinski definition) is 6. The number of halogens is 2. The van der Waals surface area contributed by atoms with Crippen LogP contribution in [0.4, 0.5) is 0 Å². The number of carbonyl (C=O) groups is 1. The summed E-state index contributed by atoms with van der Waals surface area (Å²) in [6, 6.07) is 5.79. The predicted octanol–water partition coefficient (Wildman–Crippen LogP) is 2.74. The van der Waals surface area contributed by atoms with Gasteiger partial charge in [-0.3, -0.25) is 14.6 Å². The Kier molecular flexibility index (Phi) is 7.97. The molecule has 4 saturated heterocycles. The first kappa shape index (κ1) is 25.7. The third-order valence-electron chi connectivity index (χ3n) is 8.26. The average Bonchev–Trinajstić information content (AvgIpc) is 3.37. The van der Waals surface area contributed by atoms with E-state index in [1.807, 2.05) is 6.07 Å². The normalized spacial score (nSPS) is 30.3. The van der Waals surface area contributed by atoms with Crippen LogP contribution >= 0.6 is 23.2 Å². The van der Waals surface area contributed by atoms with Crippen molar-refractivity contribution in [3.05, 3.63) is 33.8 Å². The van der Waals surface area contributed by atoms with Crippen molar-refractivity contribution in [1.82, 2.24) is 14.7 Å². The predicted molar refractivity (Wildman–Crippen MR) is 138 cm³/mol. The largest absolute Gasteiger partial charge is 0.378 e. The van der Waals surface area contributed by atoms with Crippen molar-refractivity contribution in [2.24, 2.45) is 5.92 Å². The van der Waals surface area contributed by atoms with E-state index in [4.69, 9.17) is 27.9 Å². The van der Waals surface area contributed by atoms with E-state index in [9.17, 15) is 13.2 Å². The van der Waals surface area contributed by atoms with E-state index in [0.717, 1.165) is 44.6 Å². The fraction of sp³-hybridized carbons (Fsp3) is 0.720. The molecule has 1 aromatic carbocycles. The second-order valence-corrected chi connectivity index (χ2v) is 13.6. The van der Waals surface area contributed by atoms with E-state index in [1.165, 1.54) is 12.8 Å². The zero-order valence-electron chi connectivity index (χ0n) is 20.1. The molecule has 4 fully saturated rings. The van der Waals surface area contributed by atoms with E-state index in [0.29, 0.717) is 53.6 Å². The van der Waals surface area contributed by atoms with Gasteiger partial charge < -0.3 is 9.64 Å². The van der Waals surface area contributed by atoms with Crippen LogP contribution in [0.25, 0.3) is 0 Å². The topological polar surface area (TPSA) is 70.2 Å². The van der Waals surface area contributed by atoms with Crippen molar-refractivity contribution in [1.29, 1.82) is 0 Å². The number of ether oxygens (including phenoxy) is 1. The summed E-state index contributed by atoms with van der Waals surface area (Å²) in [7, 11) is -2.88. The molecule has 10 heteroatoms. The molecule has 4 aliphatic rings. The molecule has 0 aromatic heterocycles. The molecular formula is C25H35Cl2N3O4S. The van der Waals surface area contributed by atoms with Crippen LogP contribution in [0.1, 0.15) is 31.2 Å². The first-order valence-corrected chi connectivity index (χ1v) is 15.4. The van der Waals surface area contributed by atoms with Crippen molar-refractivity contribution in [2.45, 2.75) is 50.2 Å². The molecule has 35 heavy (non-hydrogen) atoms. The van der Waals surface area contributed by atoms with Gasteiger partial charge in [-0.15, -0.1) is 0 Å². The van der Waals surface area contributed by atoms with Crippen LogP contribution in [0.15, 0.2) is 18.2 Å². The van der Waals surface area contributed by atoms with Gasteiger partial charge in [-0.25, -0.2) is 8.42 Å². The molecule has 0 spiro atoms. The number of sulfone groups is 1. The summed E-state index contributed by atoms with van der Waals surface area (Å²) in [4.78, 5) is 20.7. The number of carbonyl (C=O) groups excluding carboxylic acids is 1. The first-order chi connectivity index (χ1) is 16.8. The Labute approximate surface area is 218 Å². The number of piperazine rings is 1. The number of amides is 1. The Morgan fingerprint density at radius 2 is 1.69 bits per heavy atom. The second-order valence-electron chi connectivity index (χ2n) is 10.5. The summed E-state index contributed by atoms with van der Waals surface area (Å²) in [5.74, 6) is 1.08. The van der Waals surface area contributed by atoms with Crippen molar-refractivity contribution in [2.75, 3.05) is 57.4 Å². The lowest BCUT2D eigenvalue weighted by atomic mass is 9.89. The fourth-order valence-corrected chi connectivity index (χ4v) is 8.25. The van der Waals surface area contributed by atoms with Crippen LogP contribution in [-0.4, -0.2) is 105 Å². The average molecular weight is 545 g/mol. The summed E-state index contributed by atoms with van der Waals surface area (Å²) >= 11 is 12.3. The van der Waals surface area contributed by atoms with Gasteiger partial charge in [0.15, 0.2) is 0 Å². The maximum Gasteiger partial charge on any atom is 0.227 e. The highest BCUT2D eigenvalue weighted by atomic mass is 35.5. The Hall–Kier alpha value is -0.900. The molecule has 4 heterocycles. The van der Waals surface area contributed by atoms with E-state index in [-0.39, 0.29) is 24.0 Å². The Balaban J connectivity index is 1.35. The van der Waals surface area contributed by atoms with Crippen molar-refractivity contribution < 1.29 is 17.9 Å². The van der Waals surface area contributed by atoms with Gasteiger partial charge in [0, 0.05) is 19.6 Å². The first-order valence-electron chi connectivity index (χ1n) is 12.8. The highest BCUT2D eigenvalue weighted by Gasteiger charge is 2.48. The van der Waals surface area contributed by atoms with E-state index in [2.05, 4.69) is 14.7 Å². The molecule has 4 aliphatic heterocycles. The van der Waals surface area contributed by atoms with E-state index < -0.39 is 9.84 Å². The molecule has 0 N–H and O–H groups in total. The fourth-order valence-electron chi connectivity index (χ4n) is 6.34. The molecule has 194 valence electrons. The number of fused-ring (bicyclic) bond motifs is 1. The van der Waals surface area contributed by atoms with E-state index in [1.54, 1.807) is 12.1 Å². The summed E-state index contributed by atoms with van der Waals surface area (Å²) in [5.41, 5.74) is 0.872. The molecular weight excluding hydrogens is 509 g/mol. The quantitative estimate of drug-likeness (QED) is 0.568. The lowest BCUT2D eigenvalue weighted by Crippen LogP contribution is -2.72. The number of benzene rings is 1. The van der Waals surface area contributed by atoms with Crippen LogP contribution in [0, 0.1) is 5.92 Å². The van der Waals surface area contributed by atoms with Crippen LogP contribution in [0.2, 0.25) is 10.0 Å². The number of nitrogens with zero attached hydrogens (tertiary/aromatic N) is 3. The van der Waals surface area contributed by atoms with Crippen LogP contribution < -0.4 is 0 Å². The van der Waals surface area contributed by atoms with Gasteiger partial charge in [0.25, 0.3) is 0 Å². The third-order valence-corrected chi connectivity index (χ3v) is 10.7. The number of hydrogen-bond donors (Lipinski definition) is 0. The van der Waals surface area contributed by atoms with Gasteiger partial charge in [0.2, 0.25) is 5.91 Å². The van der Waals surface area contributed by atoms with Gasteiger partial charge in [0.05, 0.1) is 59.3 Å². The zero-order chi connectivity index (χ0) is 24.6. The highest BCUT2D eigenvalue weighted by molar-refractivity contribution is 7.91. The lowest BCUT2D eigenvalue weighted by Gasteiger charge is -2.55. The standard InChI is InChI=1S/C25H35Cl2N3O4S/c26-20-4-3-19(13-21(20)27)14-24(31)30-10-9-29(15-18-5-11-35(32,33)12-6-18)23-17-34-16-22(25(23)30)28-7-1-2-8-28/h3-4,13,18,22-23,25H,1-2,5-12,14-17H2/t22?,23?,25-/m1/s1. The SMILES string of the molecule is O=C(Cc1ccc(Cl)c(Cl)c1)N1CCN(CC2CCS(=O)(=O)CC2)C2COCC(N3CCCC3)[C@H]21. The zero-order valence-corrected chi connectivity index (χ0v) is 22.4. The van der Waals surface area contributed by atoms with Crippen LogP contribution in [0.5, 0.6) is 0 Å². The van der Waals surface area contributed by atoms with Crippen LogP contribution in [0.3, 0.4) is 0 Å². The maximum atomic E-state index is 13.7. The summed E-state index contributed by atoms with van der Waals surface area (Å²) in [6.45, 7) is 5.69. The number of rotatable bonds is 5. The molecule has 0 aliphatic carbocycles. The molecule has 1 amide bonds. The van der Waals surface area contributed by atoms with Crippen LogP contribution in [-0.2, 0) is 25.8 Å². The second kappa shape index (κ2) is 10.8. The van der Waals surface area contributed by atoms with Gasteiger partial charge in [0.1, 0.15) is 9.84 Å². The molecule has 2 unspecified atom stereocenters. The molecule has 3 atom stereocenters. The van der Waals surface area contributed by atoms with Gasteiger partial charge >= 0.3 is 0 Å². The van der Waals surface area contributed by atoms with Crippen molar-refractivity contribution >= 4 is 38.9 Å². The minimum atomic E-state index is -2.88. The summed E-state index contributed by atoms with van der Waals surface area (Å²) < 4.78 is 30.0. The Morgan fingerprint density at radius 3 is 2.40 bits per heavy atom. The molecule has 0 radical (unpaired) electrons. The van der Waals surface area contributed by atoms with Gasteiger partial charge in [-0.05, 0) is 62.4 Å². The molecule has 7 nitrogen and oxygen atoms in total. The lowest BCUT2D eigenvalue weighted by molar-refractivity contribution is -0.153. The Bertz CT molecular complexity index is 1020. The molecule has 1 aromatic rings. The minimum absolute atomic E-state index is 0.0678. The summed E-state index contributed by atoms with van der Waals surface area (Å²) in [6.07, 6.45) is 4.13. The smallest absolute Gasteiger partial charge is 0.227 e. The molecule has 5 rings (SSSR count). The number of likely N-dealkylation sites (tertiary alicyclic amines) is 1.